The molecule has 9 nitrogen and oxygen atoms in total. The number of likely N-dealkylation sites (N-methyl/N-ethyl adjacent to an activating group) is 1. The number of ether oxygens (including phenoxy) is 1. The third kappa shape index (κ3) is 12.8. The predicted molar refractivity (Wildman–Crippen MR) is 174 cm³/mol. The highest BCUT2D eigenvalue weighted by atomic mass is 35.5. The summed E-state index contributed by atoms with van der Waals surface area (Å²) in [6, 6.07) is 6.39. The topological polar surface area (TPSA) is 92.6 Å². The van der Waals surface area contributed by atoms with Gasteiger partial charge in [0.1, 0.15) is 6.04 Å². The first-order valence-corrected chi connectivity index (χ1v) is 15.8. The van der Waals surface area contributed by atoms with Gasteiger partial charge < -0.3 is 19.9 Å². The van der Waals surface area contributed by atoms with E-state index in [2.05, 4.69) is 34.5 Å². The standard InChI is InChI=1S/C31H48N6O3S.ClH/c1-3-4-5-6-7-8-9-10-11-12-25-40-29(41)18-17-28(31(39)36-23-21-35(2)22-24-36)33-30(38)26-13-15-27(16-14-26)37-20-19-32-34-37;/h13-16,19-20,28H,3-12,17-18,21-25H2,1-2H3,(H,33,38);1H/t28-;/m0./s1. The van der Waals surface area contributed by atoms with Crippen molar-refractivity contribution in [1.29, 1.82) is 0 Å². The van der Waals surface area contributed by atoms with Crippen molar-refractivity contribution < 1.29 is 14.3 Å². The molecule has 3 rings (SSSR count). The molecular weight excluding hydrogens is 572 g/mol. The summed E-state index contributed by atoms with van der Waals surface area (Å²) in [5.74, 6) is -0.358. The Balaban J connectivity index is 0.00000616. The third-order valence-electron chi connectivity index (χ3n) is 7.63. The number of benzene rings is 1. The number of unbranched alkanes of at least 4 members (excludes halogenated alkanes) is 9. The lowest BCUT2D eigenvalue weighted by Crippen LogP contribution is -2.54. The molecule has 2 aromatic rings. The van der Waals surface area contributed by atoms with Crippen molar-refractivity contribution in [3.63, 3.8) is 0 Å². The van der Waals surface area contributed by atoms with Crippen LogP contribution in [0.25, 0.3) is 5.69 Å². The molecular formula is C31H49ClN6O3S. The van der Waals surface area contributed by atoms with Gasteiger partial charge in [0, 0.05) is 38.2 Å². The Kier molecular flexibility index (Phi) is 17.3. The lowest BCUT2D eigenvalue weighted by Gasteiger charge is -2.34. The Hall–Kier alpha value is -2.56. The molecule has 1 fully saturated rings. The molecule has 234 valence electrons. The Bertz CT molecular complexity index is 1050. The highest BCUT2D eigenvalue weighted by Crippen LogP contribution is 2.13. The van der Waals surface area contributed by atoms with Crippen molar-refractivity contribution in [2.24, 2.45) is 0 Å². The van der Waals surface area contributed by atoms with Gasteiger partial charge in [0.05, 0.1) is 24.7 Å². The number of piperazine rings is 1. The number of hydrogen-bond acceptors (Lipinski definition) is 7. The van der Waals surface area contributed by atoms with E-state index in [1.807, 2.05) is 4.90 Å². The zero-order valence-corrected chi connectivity index (χ0v) is 27.0. The van der Waals surface area contributed by atoms with Crippen LogP contribution in [0.4, 0.5) is 0 Å². The van der Waals surface area contributed by atoms with Crippen molar-refractivity contribution >= 4 is 41.5 Å². The van der Waals surface area contributed by atoms with Gasteiger partial charge in [0.15, 0.2) is 5.05 Å². The van der Waals surface area contributed by atoms with E-state index in [4.69, 9.17) is 17.0 Å². The molecule has 1 aromatic heterocycles. The van der Waals surface area contributed by atoms with Crippen molar-refractivity contribution in [1.82, 2.24) is 30.1 Å². The molecule has 0 spiro atoms. The Labute approximate surface area is 263 Å². The minimum atomic E-state index is -0.667. The van der Waals surface area contributed by atoms with Crippen LogP contribution in [-0.4, -0.2) is 87.5 Å². The van der Waals surface area contributed by atoms with Crippen LogP contribution in [0.2, 0.25) is 0 Å². The van der Waals surface area contributed by atoms with E-state index in [0.29, 0.717) is 43.2 Å². The summed E-state index contributed by atoms with van der Waals surface area (Å²) in [7, 11) is 2.05. The average molecular weight is 621 g/mol. The first kappa shape index (κ1) is 35.6. The number of halogens is 1. The van der Waals surface area contributed by atoms with E-state index in [1.54, 1.807) is 41.3 Å². The van der Waals surface area contributed by atoms with Crippen molar-refractivity contribution in [3.8, 4) is 5.69 Å². The number of aromatic nitrogens is 3. The van der Waals surface area contributed by atoms with Crippen LogP contribution >= 0.6 is 24.6 Å². The number of rotatable bonds is 18. The molecule has 2 amide bonds. The van der Waals surface area contributed by atoms with E-state index in [0.717, 1.165) is 31.6 Å². The molecule has 1 aromatic carbocycles. The number of nitrogens with zero attached hydrogens (tertiary/aromatic N) is 5. The second-order valence-corrected chi connectivity index (χ2v) is 11.4. The van der Waals surface area contributed by atoms with Gasteiger partial charge in [-0.3, -0.25) is 9.59 Å². The summed E-state index contributed by atoms with van der Waals surface area (Å²) in [6.07, 6.45) is 16.9. The highest BCUT2D eigenvalue weighted by molar-refractivity contribution is 7.80. The van der Waals surface area contributed by atoms with Crippen molar-refractivity contribution in [3.05, 3.63) is 42.2 Å². The summed E-state index contributed by atoms with van der Waals surface area (Å²) in [5.41, 5.74) is 1.28. The monoisotopic (exact) mass is 620 g/mol. The molecule has 2 heterocycles. The van der Waals surface area contributed by atoms with E-state index in [1.165, 1.54) is 51.4 Å². The van der Waals surface area contributed by atoms with E-state index >= 15 is 0 Å². The van der Waals surface area contributed by atoms with Crippen LogP contribution in [0.15, 0.2) is 36.7 Å². The molecule has 42 heavy (non-hydrogen) atoms. The maximum Gasteiger partial charge on any atom is 0.251 e. The zero-order valence-electron chi connectivity index (χ0n) is 25.3. The number of nitrogens with one attached hydrogen (secondary N) is 1. The number of carbonyl (C=O) groups excluding carboxylic acids is 2. The lowest BCUT2D eigenvalue weighted by atomic mass is 10.1. The summed E-state index contributed by atoms with van der Waals surface area (Å²) in [4.78, 5) is 30.6. The number of hydrogen-bond donors (Lipinski definition) is 1. The SMILES string of the molecule is CCCCCCCCCCCCOC(=S)CC[C@H](NC(=O)c1ccc(-n2ccnn2)cc1)C(=O)N1CCN(C)CC1.Cl. The van der Waals surface area contributed by atoms with Gasteiger partial charge in [-0.25, -0.2) is 4.68 Å². The van der Waals surface area contributed by atoms with E-state index in [9.17, 15) is 9.59 Å². The van der Waals surface area contributed by atoms with Crippen LogP contribution in [0.1, 0.15) is 94.3 Å². The van der Waals surface area contributed by atoms with Crippen LogP contribution in [-0.2, 0) is 9.53 Å². The van der Waals surface area contributed by atoms with Gasteiger partial charge in [-0.2, -0.15) is 0 Å². The molecule has 1 aliphatic heterocycles. The first-order valence-electron chi connectivity index (χ1n) is 15.4. The van der Waals surface area contributed by atoms with Crippen LogP contribution in [0.5, 0.6) is 0 Å². The quantitative estimate of drug-likeness (QED) is 0.171. The van der Waals surface area contributed by atoms with Gasteiger partial charge in [-0.05, 0) is 56.4 Å². The summed E-state index contributed by atoms with van der Waals surface area (Å²) in [5, 5.41) is 11.3. The first-order chi connectivity index (χ1) is 20.0. The van der Waals surface area contributed by atoms with Gasteiger partial charge in [0.25, 0.3) is 5.91 Å². The Morgan fingerprint density at radius 3 is 2.17 bits per heavy atom. The smallest absolute Gasteiger partial charge is 0.251 e. The van der Waals surface area contributed by atoms with Gasteiger partial charge >= 0.3 is 0 Å². The predicted octanol–water partition coefficient (Wildman–Crippen LogP) is 5.61. The highest BCUT2D eigenvalue weighted by Gasteiger charge is 2.28. The van der Waals surface area contributed by atoms with Crippen LogP contribution in [0.3, 0.4) is 0 Å². The summed E-state index contributed by atoms with van der Waals surface area (Å²) >= 11 is 5.48. The van der Waals surface area contributed by atoms with E-state index < -0.39 is 6.04 Å². The Morgan fingerprint density at radius 1 is 0.952 bits per heavy atom. The van der Waals surface area contributed by atoms with E-state index in [-0.39, 0.29) is 24.2 Å². The Morgan fingerprint density at radius 2 is 1.57 bits per heavy atom. The normalized spacial score (nSPS) is 14.2. The van der Waals surface area contributed by atoms with Gasteiger partial charge in [-0.1, -0.05) is 69.9 Å². The fraction of sp³-hybridized carbons (Fsp3) is 0.645. The minimum Gasteiger partial charge on any atom is -0.487 e. The van der Waals surface area contributed by atoms with Gasteiger partial charge in [-0.15, -0.1) is 17.5 Å². The molecule has 0 aliphatic carbocycles. The molecule has 1 aliphatic rings. The lowest BCUT2D eigenvalue weighted by molar-refractivity contribution is -0.135. The molecule has 1 N–H and O–H groups in total. The molecule has 1 saturated heterocycles. The number of carbonyl (C=O) groups is 2. The zero-order chi connectivity index (χ0) is 29.3. The summed E-state index contributed by atoms with van der Waals surface area (Å²) < 4.78 is 7.44. The van der Waals surface area contributed by atoms with Crippen LogP contribution < -0.4 is 5.32 Å². The summed E-state index contributed by atoms with van der Waals surface area (Å²) in [6.45, 7) is 5.79. The molecule has 0 radical (unpaired) electrons. The molecule has 0 unspecified atom stereocenters. The van der Waals surface area contributed by atoms with Gasteiger partial charge in [0.2, 0.25) is 5.91 Å². The molecule has 11 heteroatoms. The second kappa shape index (κ2) is 20.4. The van der Waals surface area contributed by atoms with Crippen molar-refractivity contribution in [2.45, 2.75) is 90.0 Å². The third-order valence-corrected chi connectivity index (χ3v) is 7.95. The van der Waals surface area contributed by atoms with Crippen molar-refractivity contribution in [2.75, 3.05) is 39.8 Å². The maximum absolute atomic E-state index is 13.4. The fourth-order valence-electron chi connectivity index (χ4n) is 4.97. The number of amides is 2. The number of thiocarbonyl (C=S) groups is 1. The molecule has 0 saturated carbocycles. The largest absolute Gasteiger partial charge is 0.487 e. The molecule has 0 bridgehead atoms. The maximum atomic E-state index is 13.4. The fourth-order valence-corrected chi connectivity index (χ4v) is 5.17. The molecule has 1 atom stereocenters. The van der Waals surface area contributed by atoms with Crippen LogP contribution in [0, 0.1) is 0 Å². The average Bonchev–Trinajstić information content (AvgIpc) is 3.53. The minimum absolute atomic E-state index is 0. The second-order valence-electron chi connectivity index (χ2n) is 11.0.